The normalized spacial score (nSPS) is 12.6. The van der Waals surface area contributed by atoms with Crippen LogP contribution in [0.5, 0.6) is 0 Å². The summed E-state index contributed by atoms with van der Waals surface area (Å²) in [6.45, 7) is 6.65. The van der Waals surface area contributed by atoms with Gasteiger partial charge in [0.1, 0.15) is 0 Å². The molecule has 0 saturated carbocycles. The Morgan fingerprint density at radius 1 is 1.36 bits per heavy atom. The second kappa shape index (κ2) is 4.47. The van der Waals surface area contributed by atoms with Crippen LogP contribution >= 0.6 is 0 Å². The van der Waals surface area contributed by atoms with Gasteiger partial charge in [0, 0.05) is 19.3 Å². The Morgan fingerprint density at radius 2 is 2.00 bits per heavy atom. The van der Waals surface area contributed by atoms with Crippen molar-refractivity contribution in [2.24, 2.45) is 0 Å². The molecular weight excluding hydrogens is 174 g/mol. The Labute approximate surface area is 86.2 Å². The van der Waals surface area contributed by atoms with E-state index in [1.54, 1.807) is 0 Å². The molecule has 2 nitrogen and oxygen atoms in total. The summed E-state index contributed by atoms with van der Waals surface area (Å²) in [5, 5.41) is 9.30. The van der Waals surface area contributed by atoms with E-state index < -0.39 is 0 Å². The number of anilines is 1. The number of benzene rings is 1. The average molecular weight is 193 g/mol. The van der Waals surface area contributed by atoms with Gasteiger partial charge >= 0.3 is 0 Å². The quantitative estimate of drug-likeness (QED) is 0.795. The Morgan fingerprint density at radius 3 is 2.57 bits per heavy atom. The maximum absolute atomic E-state index is 9.30. The highest BCUT2D eigenvalue weighted by molar-refractivity contribution is 5.54. The van der Waals surface area contributed by atoms with E-state index in [1.165, 1.54) is 16.8 Å². The molecular formula is C12H19NO. The fourth-order valence-electron chi connectivity index (χ4n) is 1.63. The fourth-order valence-corrected chi connectivity index (χ4v) is 1.63. The molecule has 0 radical (unpaired) electrons. The maximum atomic E-state index is 9.30. The number of hydrogen-bond acceptors (Lipinski definition) is 2. The summed E-state index contributed by atoms with van der Waals surface area (Å²) >= 11 is 0. The number of nitrogens with zero attached hydrogens (tertiary/aromatic N) is 1. The van der Waals surface area contributed by atoms with Gasteiger partial charge in [0.05, 0.1) is 6.10 Å². The van der Waals surface area contributed by atoms with Crippen LogP contribution in [0.15, 0.2) is 18.2 Å². The van der Waals surface area contributed by atoms with Crippen molar-refractivity contribution < 1.29 is 5.11 Å². The lowest BCUT2D eigenvalue weighted by molar-refractivity contribution is 0.201. The summed E-state index contributed by atoms with van der Waals surface area (Å²) in [5.74, 6) is 0. The summed E-state index contributed by atoms with van der Waals surface area (Å²) in [4.78, 5) is 2.09. The number of likely N-dealkylation sites (N-methyl/N-ethyl adjacent to an activating group) is 1. The van der Waals surface area contributed by atoms with E-state index in [9.17, 15) is 5.11 Å². The van der Waals surface area contributed by atoms with Gasteiger partial charge in [-0.2, -0.15) is 0 Å². The summed E-state index contributed by atoms with van der Waals surface area (Å²) in [6, 6.07) is 6.37. The van der Waals surface area contributed by atoms with E-state index >= 15 is 0 Å². The molecule has 78 valence electrons. The minimum atomic E-state index is -0.292. The number of aryl methyl sites for hydroxylation is 2. The molecule has 0 fully saturated rings. The lowest BCUT2D eigenvalue weighted by atomic mass is 10.1. The molecule has 1 aromatic carbocycles. The zero-order valence-corrected chi connectivity index (χ0v) is 9.41. The highest BCUT2D eigenvalue weighted by Gasteiger charge is 2.06. The minimum absolute atomic E-state index is 0.292. The van der Waals surface area contributed by atoms with Crippen molar-refractivity contribution in [3.05, 3.63) is 29.3 Å². The van der Waals surface area contributed by atoms with Crippen molar-refractivity contribution in [2.75, 3.05) is 18.5 Å². The van der Waals surface area contributed by atoms with E-state index in [0.29, 0.717) is 6.54 Å². The molecule has 1 atom stereocenters. The zero-order chi connectivity index (χ0) is 10.7. The van der Waals surface area contributed by atoms with Gasteiger partial charge in [0.2, 0.25) is 0 Å². The van der Waals surface area contributed by atoms with E-state index in [-0.39, 0.29) is 6.10 Å². The first-order chi connectivity index (χ1) is 6.50. The van der Waals surface area contributed by atoms with Gasteiger partial charge in [-0.25, -0.2) is 0 Å². The predicted molar refractivity (Wildman–Crippen MR) is 60.9 cm³/mol. The van der Waals surface area contributed by atoms with Gasteiger partial charge < -0.3 is 10.0 Å². The largest absolute Gasteiger partial charge is 0.392 e. The summed E-state index contributed by atoms with van der Waals surface area (Å²) < 4.78 is 0. The van der Waals surface area contributed by atoms with Gasteiger partial charge in [-0.1, -0.05) is 12.1 Å². The third kappa shape index (κ3) is 2.74. The molecule has 0 aliphatic rings. The standard InChI is InChI=1S/C12H19NO/c1-9-5-6-10(2)12(7-9)13(4)8-11(3)14/h5-7,11,14H,8H2,1-4H3. The number of rotatable bonds is 3. The predicted octanol–water partition coefficient (Wildman–Crippen LogP) is 2.12. The first-order valence-electron chi connectivity index (χ1n) is 4.97. The molecule has 0 heterocycles. The molecule has 0 bridgehead atoms. The Hall–Kier alpha value is -1.02. The third-order valence-electron chi connectivity index (χ3n) is 2.31. The highest BCUT2D eigenvalue weighted by Crippen LogP contribution is 2.20. The van der Waals surface area contributed by atoms with Crippen molar-refractivity contribution in [3.63, 3.8) is 0 Å². The van der Waals surface area contributed by atoms with Crippen molar-refractivity contribution >= 4 is 5.69 Å². The van der Waals surface area contributed by atoms with Crippen LogP contribution in [0, 0.1) is 13.8 Å². The molecule has 1 rings (SSSR count). The van der Waals surface area contributed by atoms with Crippen molar-refractivity contribution in [3.8, 4) is 0 Å². The van der Waals surface area contributed by atoms with Gasteiger partial charge in [0.15, 0.2) is 0 Å². The molecule has 1 aromatic rings. The second-order valence-corrected chi connectivity index (χ2v) is 4.02. The molecule has 1 N–H and O–H groups in total. The molecule has 0 aliphatic heterocycles. The molecule has 14 heavy (non-hydrogen) atoms. The summed E-state index contributed by atoms with van der Waals surface area (Å²) in [7, 11) is 2.01. The number of aliphatic hydroxyl groups excluding tert-OH is 1. The number of aliphatic hydroxyl groups is 1. The van der Waals surface area contributed by atoms with Crippen LogP contribution in [0.4, 0.5) is 5.69 Å². The van der Waals surface area contributed by atoms with Crippen LogP contribution in [0.25, 0.3) is 0 Å². The molecule has 0 aliphatic carbocycles. The van der Waals surface area contributed by atoms with E-state index in [1.807, 2.05) is 14.0 Å². The monoisotopic (exact) mass is 193 g/mol. The van der Waals surface area contributed by atoms with Gasteiger partial charge in [-0.05, 0) is 38.0 Å². The molecule has 1 unspecified atom stereocenters. The highest BCUT2D eigenvalue weighted by atomic mass is 16.3. The van der Waals surface area contributed by atoms with Gasteiger partial charge in [-0.15, -0.1) is 0 Å². The molecule has 0 spiro atoms. The SMILES string of the molecule is Cc1ccc(C)c(N(C)CC(C)O)c1. The lowest BCUT2D eigenvalue weighted by Crippen LogP contribution is -2.27. The smallest absolute Gasteiger partial charge is 0.0686 e. The van der Waals surface area contributed by atoms with Crippen LogP contribution in [0.3, 0.4) is 0 Å². The van der Waals surface area contributed by atoms with Crippen LogP contribution in [-0.4, -0.2) is 24.8 Å². The molecule has 0 amide bonds. The maximum Gasteiger partial charge on any atom is 0.0686 e. The Kier molecular flexibility index (Phi) is 3.53. The molecule has 2 heteroatoms. The number of hydrogen-bond donors (Lipinski definition) is 1. The summed E-state index contributed by atoms with van der Waals surface area (Å²) in [5.41, 5.74) is 3.70. The van der Waals surface area contributed by atoms with Crippen LogP contribution in [-0.2, 0) is 0 Å². The lowest BCUT2D eigenvalue weighted by Gasteiger charge is -2.23. The first-order valence-corrected chi connectivity index (χ1v) is 4.97. The minimum Gasteiger partial charge on any atom is -0.392 e. The average Bonchev–Trinajstić information content (AvgIpc) is 2.08. The van der Waals surface area contributed by atoms with Crippen molar-refractivity contribution in [1.29, 1.82) is 0 Å². The summed E-state index contributed by atoms with van der Waals surface area (Å²) in [6.07, 6.45) is -0.292. The first kappa shape index (κ1) is 11.1. The van der Waals surface area contributed by atoms with Gasteiger partial charge in [-0.3, -0.25) is 0 Å². The van der Waals surface area contributed by atoms with Crippen LogP contribution in [0.1, 0.15) is 18.1 Å². The Bertz CT molecular complexity index is 307. The topological polar surface area (TPSA) is 23.5 Å². The van der Waals surface area contributed by atoms with Crippen LogP contribution in [0.2, 0.25) is 0 Å². The van der Waals surface area contributed by atoms with E-state index in [0.717, 1.165) is 0 Å². The molecule has 0 aromatic heterocycles. The van der Waals surface area contributed by atoms with Gasteiger partial charge in [0.25, 0.3) is 0 Å². The van der Waals surface area contributed by atoms with E-state index in [4.69, 9.17) is 0 Å². The van der Waals surface area contributed by atoms with Crippen LogP contribution < -0.4 is 4.90 Å². The Balaban J connectivity index is 2.88. The third-order valence-corrected chi connectivity index (χ3v) is 2.31. The molecule has 0 saturated heterocycles. The van der Waals surface area contributed by atoms with E-state index in [2.05, 4.69) is 36.9 Å². The van der Waals surface area contributed by atoms with Crippen molar-refractivity contribution in [1.82, 2.24) is 0 Å². The van der Waals surface area contributed by atoms with Crippen molar-refractivity contribution in [2.45, 2.75) is 26.9 Å². The fraction of sp³-hybridized carbons (Fsp3) is 0.500. The second-order valence-electron chi connectivity index (χ2n) is 4.02. The zero-order valence-electron chi connectivity index (χ0n) is 9.41.